The minimum atomic E-state index is -3.53. The molecule has 35 heavy (non-hydrogen) atoms. The molecule has 192 valence electrons. The van der Waals surface area contributed by atoms with Crippen LogP contribution in [0, 0.1) is 17.8 Å². The lowest BCUT2D eigenvalue weighted by molar-refractivity contribution is -0.185. The molecule has 2 saturated carbocycles. The van der Waals surface area contributed by atoms with Crippen LogP contribution in [0.25, 0.3) is 0 Å². The largest absolute Gasteiger partial charge is 0.435 e. The van der Waals surface area contributed by atoms with Crippen molar-refractivity contribution in [3.8, 4) is 11.5 Å². The van der Waals surface area contributed by atoms with Gasteiger partial charge in [-0.25, -0.2) is 0 Å². The number of hydrogen-bond acceptors (Lipinski definition) is 2. The minimum absolute atomic E-state index is 0.112. The molecule has 4 rings (SSSR count). The molecule has 2 aromatic carbocycles. The van der Waals surface area contributed by atoms with Crippen molar-refractivity contribution in [2.45, 2.75) is 89.8 Å². The molecule has 2 nitrogen and oxygen atoms in total. The van der Waals surface area contributed by atoms with Gasteiger partial charge in [-0.1, -0.05) is 44.7 Å². The fourth-order valence-corrected chi connectivity index (χ4v) is 6.13. The second-order valence-corrected chi connectivity index (χ2v) is 10.3. The van der Waals surface area contributed by atoms with E-state index >= 15 is 0 Å². The van der Waals surface area contributed by atoms with Crippen molar-refractivity contribution in [2.75, 3.05) is 0 Å². The fraction of sp³-hybridized carbons (Fsp3) is 0.586. The summed E-state index contributed by atoms with van der Waals surface area (Å²) in [6.07, 6.45) is 9.41. The standard InChI is InChI=1S/C29H36F4O2/c1-2-3-20-4-6-21(7-5-20)22-8-10-23(11-9-22)24-12-14-25(15-13-24)29(32,33)35-27-18-16-26(17-19-27)34-28(30)31/h12-23,28H,2-11H2,1H3/t20-,21-,22-,23-. The van der Waals surface area contributed by atoms with Gasteiger partial charge in [-0.05, 0) is 104 Å². The van der Waals surface area contributed by atoms with Crippen molar-refractivity contribution >= 4 is 0 Å². The first-order valence-electron chi connectivity index (χ1n) is 13.1. The normalized spacial score (nSPS) is 25.4. The maximum absolute atomic E-state index is 14.7. The third kappa shape index (κ3) is 6.92. The molecule has 2 aliphatic carbocycles. The molecule has 2 aromatic rings. The molecule has 0 radical (unpaired) electrons. The second-order valence-electron chi connectivity index (χ2n) is 10.3. The molecule has 0 spiro atoms. The Morgan fingerprint density at radius 3 is 1.86 bits per heavy atom. The Balaban J connectivity index is 1.28. The Hall–Kier alpha value is -2.24. The van der Waals surface area contributed by atoms with E-state index < -0.39 is 12.7 Å². The van der Waals surface area contributed by atoms with Crippen LogP contribution in [-0.4, -0.2) is 6.61 Å². The first kappa shape index (κ1) is 25.8. The van der Waals surface area contributed by atoms with Crippen LogP contribution in [0.15, 0.2) is 48.5 Å². The molecule has 2 fully saturated rings. The zero-order chi connectivity index (χ0) is 24.8. The van der Waals surface area contributed by atoms with Crippen LogP contribution in [0.3, 0.4) is 0 Å². The van der Waals surface area contributed by atoms with E-state index in [1.807, 2.05) is 0 Å². The van der Waals surface area contributed by atoms with E-state index in [0.29, 0.717) is 5.92 Å². The smallest absolute Gasteiger partial charge is 0.426 e. The summed E-state index contributed by atoms with van der Waals surface area (Å²) in [6, 6.07) is 11.2. The van der Waals surface area contributed by atoms with Crippen LogP contribution in [0.4, 0.5) is 17.6 Å². The zero-order valence-electron chi connectivity index (χ0n) is 20.4. The van der Waals surface area contributed by atoms with Gasteiger partial charge in [-0.3, -0.25) is 0 Å². The van der Waals surface area contributed by atoms with Crippen molar-refractivity contribution in [3.63, 3.8) is 0 Å². The van der Waals surface area contributed by atoms with E-state index in [0.717, 1.165) is 36.2 Å². The molecule has 0 atom stereocenters. The lowest BCUT2D eigenvalue weighted by Gasteiger charge is -2.38. The molecule has 0 heterocycles. The molecule has 0 N–H and O–H groups in total. The van der Waals surface area contributed by atoms with Crippen molar-refractivity contribution in [1.29, 1.82) is 0 Å². The highest BCUT2D eigenvalue weighted by molar-refractivity contribution is 5.33. The Morgan fingerprint density at radius 1 is 0.771 bits per heavy atom. The Labute approximate surface area is 206 Å². The zero-order valence-corrected chi connectivity index (χ0v) is 20.4. The Kier molecular flexibility index (Phi) is 8.61. The summed E-state index contributed by atoms with van der Waals surface area (Å²) in [7, 11) is 0. The van der Waals surface area contributed by atoms with Crippen LogP contribution in [0.2, 0.25) is 0 Å². The monoisotopic (exact) mass is 492 g/mol. The third-order valence-corrected chi connectivity index (χ3v) is 8.04. The van der Waals surface area contributed by atoms with E-state index in [4.69, 9.17) is 4.74 Å². The molecular formula is C29H36F4O2. The van der Waals surface area contributed by atoms with Gasteiger partial charge in [0.25, 0.3) is 0 Å². The quantitative estimate of drug-likeness (QED) is 0.325. The van der Waals surface area contributed by atoms with Gasteiger partial charge in [0.2, 0.25) is 0 Å². The first-order chi connectivity index (χ1) is 16.8. The summed E-state index contributed by atoms with van der Waals surface area (Å²) in [5.74, 6) is 2.82. The summed E-state index contributed by atoms with van der Waals surface area (Å²) in [4.78, 5) is 0. The van der Waals surface area contributed by atoms with Crippen LogP contribution in [0.5, 0.6) is 11.5 Å². The molecular weight excluding hydrogens is 456 g/mol. The van der Waals surface area contributed by atoms with Crippen molar-refractivity contribution in [2.24, 2.45) is 17.8 Å². The van der Waals surface area contributed by atoms with Gasteiger partial charge >= 0.3 is 12.7 Å². The predicted octanol–water partition coefficient (Wildman–Crippen LogP) is 9.30. The molecule has 0 aliphatic heterocycles. The SMILES string of the molecule is CCC[C@H]1CC[C@H]([C@H]2CC[C@H](c3ccc(C(F)(F)Oc4ccc(OC(F)F)cc4)cc3)CC2)CC1. The molecule has 0 amide bonds. The van der Waals surface area contributed by atoms with Crippen molar-refractivity contribution in [3.05, 3.63) is 59.7 Å². The van der Waals surface area contributed by atoms with E-state index in [-0.39, 0.29) is 17.1 Å². The molecule has 2 aliphatic rings. The highest BCUT2D eigenvalue weighted by atomic mass is 19.3. The van der Waals surface area contributed by atoms with Gasteiger partial charge in [0, 0.05) is 0 Å². The second kappa shape index (κ2) is 11.7. The lowest BCUT2D eigenvalue weighted by atomic mass is 9.68. The number of hydrogen-bond donors (Lipinski definition) is 0. The van der Waals surface area contributed by atoms with E-state index in [9.17, 15) is 17.6 Å². The van der Waals surface area contributed by atoms with Crippen molar-refractivity contribution < 1.29 is 27.0 Å². The number of halogens is 4. The molecule has 0 unspecified atom stereocenters. The lowest BCUT2D eigenvalue weighted by Crippen LogP contribution is -2.25. The number of rotatable bonds is 9. The maximum Gasteiger partial charge on any atom is 0.426 e. The number of ether oxygens (including phenoxy) is 2. The number of benzene rings is 2. The summed E-state index contributed by atoms with van der Waals surface area (Å²) in [5, 5.41) is 0. The van der Waals surface area contributed by atoms with Gasteiger partial charge < -0.3 is 9.47 Å². The maximum atomic E-state index is 14.7. The van der Waals surface area contributed by atoms with Crippen LogP contribution < -0.4 is 9.47 Å². The van der Waals surface area contributed by atoms with Gasteiger partial charge in [0.15, 0.2) is 0 Å². The molecule has 6 heteroatoms. The van der Waals surface area contributed by atoms with Crippen LogP contribution >= 0.6 is 0 Å². The van der Waals surface area contributed by atoms with Crippen LogP contribution in [0.1, 0.15) is 88.2 Å². The molecule has 0 aromatic heterocycles. The Bertz CT molecular complexity index is 897. The van der Waals surface area contributed by atoms with Gasteiger partial charge in [0.1, 0.15) is 11.5 Å². The topological polar surface area (TPSA) is 18.5 Å². The van der Waals surface area contributed by atoms with Gasteiger partial charge in [-0.2, -0.15) is 17.6 Å². The van der Waals surface area contributed by atoms with Gasteiger partial charge in [-0.15, -0.1) is 0 Å². The predicted molar refractivity (Wildman–Crippen MR) is 129 cm³/mol. The highest BCUT2D eigenvalue weighted by Gasteiger charge is 2.35. The molecule has 0 bridgehead atoms. The Morgan fingerprint density at radius 2 is 1.31 bits per heavy atom. The first-order valence-corrected chi connectivity index (χ1v) is 13.1. The number of alkyl halides is 4. The fourth-order valence-electron chi connectivity index (χ4n) is 6.13. The third-order valence-electron chi connectivity index (χ3n) is 8.04. The minimum Gasteiger partial charge on any atom is -0.435 e. The average molecular weight is 493 g/mol. The summed E-state index contributed by atoms with van der Waals surface area (Å²) >= 11 is 0. The van der Waals surface area contributed by atoms with Crippen LogP contribution in [-0.2, 0) is 6.11 Å². The van der Waals surface area contributed by atoms with Gasteiger partial charge in [0.05, 0.1) is 5.56 Å². The van der Waals surface area contributed by atoms with E-state index in [2.05, 4.69) is 11.7 Å². The summed E-state index contributed by atoms with van der Waals surface area (Å²) in [6.45, 7) is -0.689. The average Bonchev–Trinajstić information content (AvgIpc) is 2.86. The van der Waals surface area contributed by atoms with E-state index in [1.165, 1.54) is 87.8 Å². The highest BCUT2D eigenvalue weighted by Crippen LogP contribution is 2.45. The van der Waals surface area contributed by atoms with Crippen molar-refractivity contribution in [1.82, 2.24) is 0 Å². The summed E-state index contributed by atoms with van der Waals surface area (Å²) < 4.78 is 63.0. The van der Waals surface area contributed by atoms with E-state index in [1.54, 1.807) is 12.1 Å². The molecule has 0 saturated heterocycles. The summed E-state index contributed by atoms with van der Waals surface area (Å²) in [5.41, 5.74) is 0.884.